The van der Waals surface area contributed by atoms with Gasteiger partial charge in [-0.25, -0.2) is 4.39 Å². The molecule has 0 unspecified atom stereocenters. The number of halogens is 2. The second-order valence-corrected chi connectivity index (χ2v) is 5.02. The van der Waals surface area contributed by atoms with Gasteiger partial charge in [-0.05, 0) is 24.5 Å². The fraction of sp³-hybridized carbons (Fsp3) is 0.462. The Morgan fingerprint density at radius 3 is 3.00 bits per heavy atom. The van der Waals surface area contributed by atoms with Crippen LogP contribution in [0.1, 0.15) is 18.9 Å². The summed E-state index contributed by atoms with van der Waals surface area (Å²) >= 11 is 5.94. The van der Waals surface area contributed by atoms with Crippen molar-refractivity contribution in [2.45, 2.75) is 25.9 Å². The summed E-state index contributed by atoms with van der Waals surface area (Å²) in [5.41, 5.74) is 0.407. The van der Waals surface area contributed by atoms with Gasteiger partial charge in [0.2, 0.25) is 5.91 Å². The van der Waals surface area contributed by atoms with E-state index >= 15 is 0 Å². The fourth-order valence-electron chi connectivity index (χ4n) is 2.17. The lowest BCUT2D eigenvalue weighted by Crippen LogP contribution is -2.52. The molecule has 0 aromatic heterocycles. The predicted molar refractivity (Wildman–Crippen MR) is 68.8 cm³/mol. The van der Waals surface area contributed by atoms with E-state index in [0.29, 0.717) is 17.1 Å². The van der Waals surface area contributed by atoms with Crippen molar-refractivity contribution >= 4 is 17.5 Å². The summed E-state index contributed by atoms with van der Waals surface area (Å²) in [6.45, 7) is 2.98. The van der Waals surface area contributed by atoms with Crippen LogP contribution in [-0.4, -0.2) is 18.5 Å². The molecule has 2 rings (SSSR count). The minimum absolute atomic E-state index is 0.0267. The van der Waals surface area contributed by atoms with Gasteiger partial charge in [-0.2, -0.15) is 0 Å². The first-order chi connectivity index (χ1) is 8.59. The predicted octanol–water partition coefficient (Wildman–Crippen LogP) is 2.09. The van der Waals surface area contributed by atoms with Crippen molar-refractivity contribution in [2.75, 3.05) is 6.54 Å². The number of hydrogen-bond donors (Lipinski definition) is 2. The fourth-order valence-corrected chi connectivity index (χ4v) is 2.40. The quantitative estimate of drug-likeness (QED) is 0.883. The molecule has 3 nitrogen and oxygen atoms in total. The Kier molecular flexibility index (Phi) is 4.19. The number of nitrogens with one attached hydrogen (secondary N) is 2. The molecule has 1 aromatic rings. The van der Waals surface area contributed by atoms with Gasteiger partial charge in [0.1, 0.15) is 5.82 Å². The van der Waals surface area contributed by atoms with Crippen LogP contribution in [0.5, 0.6) is 0 Å². The molecule has 1 amide bonds. The van der Waals surface area contributed by atoms with Gasteiger partial charge >= 0.3 is 0 Å². The lowest BCUT2D eigenvalue weighted by atomic mass is 9.94. The van der Waals surface area contributed by atoms with Crippen LogP contribution in [-0.2, 0) is 11.3 Å². The summed E-state index contributed by atoms with van der Waals surface area (Å²) in [5, 5.41) is 6.26. The number of benzene rings is 1. The van der Waals surface area contributed by atoms with E-state index in [1.165, 1.54) is 6.07 Å². The lowest BCUT2D eigenvalue weighted by Gasteiger charge is -2.29. The SMILES string of the molecule is C[C@@H]1CCNC(=O)[C@H]1NCc1c(F)cccc1Cl. The van der Waals surface area contributed by atoms with Crippen molar-refractivity contribution in [1.29, 1.82) is 0 Å². The van der Waals surface area contributed by atoms with Crippen LogP contribution < -0.4 is 10.6 Å². The molecule has 18 heavy (non-hydrogen) atoms. The third-order valence-corrected chi connectivity index (χ3v) is 3.66. The normalized spacial score (nSPS) is 23.8. The summed E-state index contributed by atoms with van der Waals surface area (Å²) in [6.07, 6.45) is 0.925. The van der Waals surface area contributed by atoms with Crippen molar-refractivity contribution in [3.63, 3.8) is 0 Å². The molecule has 2 N–H and O–H groups in total. The topological polar surface area (TPSA) is 41.1 Å². The Bertz CT molecular complexity index is 432. The maximum absolute atomic E-state index is 13.6. The second-order valence-electron chi connectivity index (χ2n) is 4.62. The first-order valence-electron chi connectivity index (χ1n) is 6.03. The first kappa shape index (κ1) is 13.3. The maximum atomic E-state index is 13.6. The lowest BCUT2D eigenvalue weighted by molar-refractivity contribution is -0.126. The molecule has 0 aliphatic carbocycles. The number of carbonyl (C=O) groups is 1. The highest BCUT2D eigenvalue weighted by Gasteiger charge is 2.28. The average Bonchev–Trinajstić information content (AvgIpc) is 2.31. The third-order valence-electron chi connectivity index (χ3n) is 3.31. The van der Waals surface area contributed by atoms with E-state index in [0.717, 1.165) is 6.42 Å². The first-order valence-corrected chi connectivity index (χ1v) is 6.41. The molecular formula is C13H16ClFN2O. The highest BCUT2D eigenvalue weighted by atomic mass is 35.5. The van der Waals surface area contributed by atoms with E-state index in [9.17, 15) is 9.18 Å². The Hall–Kier alpha value is -1.13. The average molecular weight is 271 g/mol. The maximum Gasteiger partial charge on any atom is 0.237 e. The Morgan fingerprint density at radius 1 is 1.56 bits per heavy atom. The smallest absolute Gasteiger partial charge is 0.237 e. The van der Waals surface area contributed by atoms with Crippen molar-refractivity contribution in [3.05, 3.63) is 34.6 Å². The molecule has 5 heteroatoms. The van der Waals surface area contributed by atoms with Crippen LogP contribution in [0.4, 0.5) is 4.39 Å². The molecule has 1 heterocycles. The van der Waals surface area contributed by atoms with E-state index in [1.54, 1.807) is 12.1 Å². The molecule has 0 saturated carbocycles. The van der Waals surface area contributed by atoms with Crippen LogP contribution in [0, 0.1) is 11.7 Å². The van der Waals surface area contributed by atoms with Crippen LogP contribution in [0.3, 0.4) is 0 Å². The van der Waals surface area contributed by atoms with Gasteiger partial charge in [-0.15, -0.1) is 0 Å². The standard InChI is InChI=1S/C13H16ClFN2O/c1-8-5-6-16-13(18)12(8)17-7-9-10(14)3-2-4-11(9)15/h2-4,8,12,17H,5-7H2,1H3,(H,16,18)/t8-,12+/m1/s1. The molecule has 1 saturated heterocycles. The number of hydrogen-bond acceptors (Lipinski definition) is 2. The van der Waals surface area contributed by atoms with Crippen molar-refractivity contribution in [1.82, 2.24) is 10.6 Å². The van der Waals surface area contributed by atoms with Gasteiger partial charge in [0.15, 0.2) is 0 Å². The van der Waals surface area contributed by atoms with Crippen molar-refractivity contribution in [2.24, 2.45) is 5.92 Å². The molecule has 1 aliphatic rings. The number of piperidine rings is 1. The van der Waals surface area contributed by atoms with Crippen LogP contribution in [0.2, 0.25) is 5.02 Å². The number of carbonyl (C=O) groups excluding carboxylic acids is 1. The third kappa shape index (κ3) is 2.82. The Labute approximate surface area is 111 Å². The zero-order valence-electron chi connectivity index (χ0n) is 10.2. The van der Waals surface area contributed by atoms with E-state index in [1.807, 2.05) is 6.92 Å². The minimum Gasteiger partial charge on any atom is -0.355 e. The van der Waals surface area contributed by atoms with E-state index in [2.05, 4.69) is 10.6 Å². The molecule has 1 aliphatic heterocycles. The van der Waals surface area contributed by atoms with Gasteiger partial charge < -0.3 is 10.6 Å². The van der Waals surface area contributed by atoms with E-state index in [4.69, 9.17) is 11.6 Å². The van der Waals surface area contributed by atoms with Gasteiger partial charge in [-0.1, -0.05) is 24.6 Å². The van der Waals surface area contributed by atoms with Crippen LogP contribution >= 0.6 is 11.6 Å². The zero-order valence-corrected chi connectivity index (χ0v) is 10.9. The van der Waals surface area contributed by atoms with E-state index in [-0.39, 0.29) is 30.2 Å². The number of amides is 1. The zero-order chi connectivity index (χ0) is 13.1. The van der Waals surface area contributed by atoms with Gasteiger partial charge in [0.05, 0.1) is 6.04 Å². The minimum atomic E-state index is -0.348. The molecule has 1 aromatic carbocycles. The van der Waals surface area contributed by atoms with Gasteiger partial charge in [0.25, 0.3) is 0 Å². The molecular weight excluding hydrogens is 255 g/mol. The summed E-state index contributed by atoms with van der Waals surface area (Å²) < 4.78 is 13.6. The van der Waals surface area contributed by atoms with Crippen molar-refractivity contribution < 1.29 is 9.18 Å². The summed E-state index contributed by atoms with van der Waals surface area (Å²) in [6, 6.07) is 4.30. The van der Waals surface area contributed by atoms with Gasteiger partial charge in [-0.3, -0.25) is 4.79 Å². The largest absolute Gasteiger partial charge is 0.355 e. The molecule has 0 bridgehead atoms. The highest BCUT2D eigenvalue weighted by molar-refractivity contribution is 6.31. The Morgan fingerprint density at radius 2 is 2.33 bits per heavy atom. The monoisotopic (exact) mass is 270 g/mol. The highest BCUT2D eigenvalue weighted by Crippen LogP contribution is 2.20. The van der Waals surface area contributed by atoms with Crippen molar-refractivity contribution in [3.8, 4) is 0 Å². The van der Waals surface area contributed by atoms with Crippen LogP contribution in [0.25, 0.3) is 0 Å². The van der Waals surface area contributed by atoms with Crippen LogP contribution in [0.15, 0.2) is 18.2 Å². The molecule has 0 radical (unpaired) electrons. The second kappa shape index (κ2) is 5.67. The van der Waals surface area contributed by atoms with Gasteiger partial charge in [0, 0.05) is 23.7 Å². The molecule has 0 spiro atoms. The summed E-state index contributed by atoms with van der Waals surface area (Å²) in [4.78, 5) is 11.7. The summed E-state index contributed by atoms with van der Waals surface area (Å²) in [5.74, 6) is -0.135. The Balaban J connectivity index is 2.04. The molecule has 2 atom stereocenters. The molecule has 1 fully saturated rings. The molecule has 98 valence electrons. The summed E-state index contributed by atoms with van der Waals surface area (Å²) in [7, 11) is 0. The van der Waals surface area contributed by atoms with E-state index < -0.39 is 0 Å². The number of rotatable bonds is 3.